The molecule has 3 aliphatic rings. The summed E-state index contributed by atoms with van der Waals surface area (Å²) in [6.45, 7) is 5.88. The smallest absolute Gasteiger partial charge is 0.162 e. The first-order valence-corrected chi connectivity index (χ1v) is 15.7. The van der Waals surface area contributed by atoms with Gasteiger partial charge in [0.25, 0.3) is 0 Å². The van der Waals surface area contributed by atoms with Crippen molar-refractivity contribution in [2.45, 2.75) is 83.7 Å². The summed E-state index contributed by atoms with van der Waals surface area (Å²) in [6.07, 6.45) is 3.88. The van der Waals surface area contributed by atoms with Gasteiger partial charge in [0.2, 0.25) is 0 Å². The summed E-state index contributed by atoms with van der Waals surface area (Å²) < 4.78 is 55.7. The molecule has 0 radical (unpaired) electrons. The molecule has 6 unspecified atom stereocenters. The average Bonchev–Trinajstić information content (AvgIpc) is 3.07. The summed E-state index contributed by atoms with van der Waals surface area (Å²) in [5, 5.41) is 9.58. The lowest BCUT2D eigenvalue weighted by atomic mass is 9.94. The highest BCUT2D eigenvalue weighted by Crippen LogP contribution is 2.32. The normalized spacial score (nSPS) is 21.3. The first-order chi connectivity index (χ1) is 22.0. The Bertz CT molecular complexity index is 1500. The van der Waals surface area contributed by atoms with Gasteiger partial charge in [0.15, 0.2) is 5.78 Å². The van der Waals surface area contributed by atoms with Crippen LogP contribution in [0.25, 0.3) is 0 Å². The minimum Gasteiger partial charge on any atom is -0.490 e. The summed E-state index contributed by atoms with van der Waals surface area (Å²) in [5.74, 6) is 1.28. The molecule has 3 aromatic carbocycles. The number of aliphatic hydroxyl groups is 1. The maximum absolute atomic E-state index is 12.9. The van der Waals surface area contributed by atoms with Crippen LogP contribution in [0.15, 0.2) is 54.6 Å². The highest BCUT2D eigenvalue weighted by molar-refractivity contribution is 5.80. The molecule has 0 spiro atoms. The maximum atomic E-state index is 12.9. The number of benzene rings is 3. The zero-order valence-corrected chi connectivity index (χ0v) is 26.4. The Balaban J connectivity index is 0.000000157. The fourth-order valence-electron chi connectivity index (χ4n) is 5.63. The van der Waals surface area contributed by atoms with Crippen molar-refractivity contribution >= 4 is 12.1 Å². The predicted octanol–water partition coefficient (Wildman–Crippen LogP) is 5.94. The van der Waals surface area contributed by atoms with Gasteiger partial charge < -0.3 is 29.8 Å². The molecule has 0 saturated heterocycles. The Kier molecular flexibility index (Phi) is 12.2. The Hall–Kier alpha value is -3.89. The van der Waals surface area contributed by atoms with Crippen LogP contribution >= 0.6 is 0 Å². The Morgan fingerprint density at radius 2 is 1.17 bits per heavy atom. The molecule has 3 aliphatic heterocycles. The molecule has 7 nitrogen and oxygen atoms in total. The Labute approximate surface area is 267 Å². The SMILES string of the molecule is CC(=O)C(O)C1CCc2cc(F)ccc2O1.CC(C=O)C1CCc2cc(F)ccc2O1.CC(CN)C1CCc2cc(F)ccc2O1. The van der Waals surface area contributed by atoms with Crippen LogP contribution in [0.2, 0.25) is 0 Å². The van der Waals surface area contributed by atoms with Crippen LogP contribution in [0.5, 0.6) is 17.2 Å². The summed E-state index contributed by atoms with van der Waals surface area (Å²) in [4.78, 5) is 21.6. The first kappa shape index (κ1) is 35.0. The largest absolute Gasteiger partial charge is 0.490 e. The number of fused-ring (bicyclic) bond motifs is 3. The Morgan fingerprint density at radius 3 is 1.59 bits per heavy atom. The predicted molar refractivity (Wildman–Crippen MR) is 168 cm³/mol. The van der Waals surface area contributed by atoms with Crippen molar-refractivity contribution < 1.29 is 42.1 Å². The number of carbonyl (C=O) groups excluding carboxylic acids is 2. The minimum atomic E-state index is -1.10. The molecule has 0 aliphatic carbocycles. The van der Waals surface area contributed by atoms with Gasteiger partial charge in [-0.15, -0.1) is 0 Å². The number of aryl methyl sites for hydroxylation is 3. The second-order valence-corrected chi connectivity index (χ2v) is 12.1. The zero-order chi connectivity index (χ0) is 33.4. The van der Waals surface area contributed by atoms with E-state index in [-0.39, 0.29) is 41.4 Å². The van der Waals surface area contributed by atoms with E-state index in [2.05, 4.69) is 6.92 Å². The van der Waals surface area contributed by atoms with Crippen molar-refractivity contribution in [2.75, 3.05) is 6.54 Å². The number of aldehydes is 1. The van der Waals surface area contributed by atoms with E-state index < -0.39 is 12.2 Å². The number of carbonyl (C=O) groups is 2. The molecule has 0 saturated carbocycles. The number of hydrogen-bond acceptors (Lipinski definition) is 7. The van der Waals surface area contributed by atoms with Crippen molar-refractivity contribution in [1.29, 1.82) is 0 Å². The van der Waals surface area contributed by atoms with Crippen molar-refractivity contribution in [3.05, 3.63) is 88.7 Å². The highest BCUT2D eigenvalue weighted by Gasteiger charge is 2.29. The van der Waals surface area contributed by atoms with Gasteiger partial charge in [-0.2, -0.15) is 0 Å². The summed E-state index contributed by atoms with van der Waals surface area (Å²) in [6, 6.07) is 13.5. The lowest BCUT2D eigenvalue weighted by Crippen LogP contribution is -2.39. The molecular weight excluding hydrogens is 599 g/mol. The Morgan fingerprint density at radius 1 is 0.783 bits per heavy atom. The van der Waals surface area contributed by atoms with Gasteiger partial charge in [-0.25, -0.2) is 13.2 Å². The number of aliphatic hydroxyl groups excluding tert-OH is 1. The monoisotopic (exact) mass is 641 g/mol. The van der Waals surface area contributed by atoms with E-state index in [0.717, 1.165) is 54.4 Å². The van der Waals surface area contributed by atoms with Crippen LogP contribution in [0.3, 0.4) is 0 Å². The van der Waals surface area contributed by atoms with Crippen molar-refractivity contribution in [3.8, 4) is 17.2 Å². The molecule has 0 fully saturated rings. The fraction of sp³-hybridized carbons (Fsp3) is 0.444. The molecule has 6 rings (SSSR count). The van der Waals surface area contributed by atoms with E-state index in [1.165, 1.54) is 43.3 Å². The number of nitrogens with two attached hydrogens (primary N) is 1. The number of ketones is 1. The van der Waals surface area contributed by atoms with Crippen LogP contribution < -0.4 is 19.9 Å². The van der Waals surface area contributed by atoms with Crippen molar-refractivity contribution in [1.82, 2.24) is 0 Å². The summed E-state index contributed by atoms with van der Waals surface area (Å²) in [5.41, 5.74) is 8.25. The van der Waals surface area contributed by atoms with Gasteiger partial charge in [0.1, 0.15) is 65.4 Å². The van der Waals surface area contributed by atoms with E-state index in [4.69, 9.17) is 19.9 Å². The third kappa shape index (κ3) is 9.10. The molecule has 3 N–H and O–H groups in total. The fourth-order valence-corrected chi connectivity index (χ4v) is 5.63. The summed E-state index contributed by atoms with van der Waals surface area (Å²) in [7, 11) is 0. The van der Waals surface area contributed by atoms with Gasteiger partial charge >= 0.3 is 0 Å². The first-order valence-electron chi connectivity index (χ1n) is 15.7. The van der Waals surface area contributed by atoms with Crippen LogP contribution in [0.1, 0.15) is 56.7 Å². The number of ether oxygens (including phenoxy) is 3. The third-order valence-corrected chi connectivity index (χ3v) is 8.57. The number of hydrogen-bond donors (Lipinski definition) is 2. The molecule has 0 bridgehead atoms. The van der Waals surface area contributed by atoms with Gasteiger partial charge in [-0.1, -0.05) is 13.8 Å². The highest BCUT2D eigenvalue weighted by atomic mass is 19.1. The standard InChI is InChI=1S/C12H16FNO.C12H13FO3.C12H13FO2/c1-8(7-14)11-4-2-9-6-10(13)3-5-12(9)15-11;1-7(14)12(15)11-4-2-8-6-9(13)3-5-10(8)16-11;1-8(7-14)11-4-2-9-6-10(13)3-5-12(9)15-11/h3,5-6,8,11H,2,4,7,14H2,1H3;3,5-6,11-12,15H,2,4H2,1H3;3,5-8,11H,2,4H2,1H3. The van der Waals surface area contributed by atoms with E-state index in [1.807, 2.05) is 6.92 Å². The lowest BCUT2D eigenvalue weighted by Gasteiger charge is -2.29. The zero-order valence-electron chi connectivity index (χ0n) is 26.4. The van der Waals surface area contributed by atoms with Crippen LogP contribution in [0.4, 0.5) is 13.2 Å². The minimum absolute atomic E-state index is 0.0690. The number of Topliss-reactive ketones (excluding diaryl/α,β-unsaturated/α-hetero) is 1. The van der Waals surface area contributed by atoms with Gasteiger partial charge in [0, 0.05) is 11.8 Å². The molecule has 248 valence electrons. The van der Waals surface area contributed by atoms with E-state index >= 15 is 0 Å². The molecule has 3 heterocycles. The topological polar surface area (TPSA) is 108 Å². The van der Waals surface area contributed by atoms with E-state index in [0.29, 0.717) is 36.8 Å². The molecule has 10 heteroatoms. The molecule has 0 aromatic heterocycles. The van der Waals surface area contributed by atoms with Crippen molar-refractivity contribution in [2.24, 2.45) is 17.6 Å². The third-order valence-electron chi connectivity index (χ3n) is 8.57. The number of rotatable bonds is 6. The van der Waals surface area contributed by atoms with Crippen LogP contribution in [-0.2, 0) is 28.9 Å². The van der Waals surface area contributed by atoms with Gasteiger partial charge in [-0.05, 0) is 123 Å². The van der Waals surface area contributed by atoms with Gasteiger partial charge in [-0.3, -0.25) is 4.79 Å². The summed E-state index contributed by atoms with van der Waals surface area (Å²) >= 11 is 0. The van der Waals surface area contributed by atoms with Gasteiger partial charge in [0.05, 0.1) is 0 Å². The molecule has 0 amide bonds. The second kappa shape index (κ2) is 16.1. The average molecular weight is 642 g/mol. The number of halogens is 3. The second-order valence-electron chi connectivity index (χ2n) is 12.1. The molecular formula is C36H42F3NO6. The van der Waals surface area contributed by atoms with Crippen molar-refractivity contribution in [3.63, 3.8) is 0 Å². The molecule has 6 atom stereocenters. The van der Waals surface area contributed by atoms with E-state index in [9.17, 15) is 27.9 Å². The van der Waals surface area contributed by atoms with Crippen LogP contribution in [-0.4, -0.2) is 48.1 Å². The maximum Gasteiger partial charge on any atom is 0.162 e. The van der Waals surface area contributed by atoms with E-state index in [1.54, 1.807) is 18.2 Å². The van der Waals surface area contributed by atoms with Crippen LogP contribution in [0, 0.1) is 29.3 Å². The molecule has 46 heavy (non-hydrogen) atoms. The lowest BCUT2D eigenvalue weighted by molar-refractivity contribution is -0.130. The molecule has 3 aromatic rings. The quantitative estimate of drug-likeness (QED) is 0.321.